The van der Waals surface area contributed by atoms with Gasteiger partial charge in [0.2, 0.25) is 0 Å². The summed E-state index contributed by atoms with van der Waals surface area (Å²) in [6.07, 6.45) is 6.17. The lowest BCUT2D eigenvalue weighted by molar-refractivity contribution is -0.239. The number of hydrogen-bond acceptors (Lipinski definition) is 3. The quantitative estimate of drug-likeness (QED) is 0.600. The summed E-state index contributed by atoms with van der Waals surface area (Å²) >= 11 is 0. The number of benzene rings is 1. The van der Waals surface area contributed by atoms with Crippen molar-refractivity contribution in [2.45, 2.75) is 46.0 Å². The van der Waals surface area contributed by atoms with E-state index in [1.807, 2.05) is 26.0 Å². The van der Waals surface area contributed by atoms with Gasteiger partial charge in [-0.3, -0.25) is 4.89 Å². The van der Waals surface area contributed by atoms with Crippen molar-refractivity contribution < 1.29 is 14.6 Å². The lowest BCUT2D eigenvalue weighted by atomic mass is 9.98. The largest absolute Gasteiger partial charge is 0.373 e. The second kappa shape index (κ2) is 6.01. The summed E-state index contributed by atoms with van der Waals surface area (Å²) in [7, 11) is 0. The Morgan fingerprint density at radius 2 is 1.83 bits per heavy atom. The first-order valence-electron chi connectivity index (χ1n) is 6.48. The fourth-order valence-corrected chi connectivity index (χ4v) is 2.14. The molecule has 1 aliphatic carbocycles. The van der Waals surface area contributed by atoms with Crippen LogP contribution in [0.1, 0.15) is 53.6 Å². The fraction of sp³-hybridized carbons (Fsp3) is 0.467. The number of carbonyl (C=O) groups is 1. The summed E-state index contributed by atoms with van der Waals surface area (Å²) in [5.41, 5.74) is 2.60. The number of hydrogen-bond donors (Lipinski definition) is 0. The van der Waals surface area contributed by atoms with Crippen molar-refractivity contribution in [3.63, 3.8) is 0 Å². The molecule has 0 saturated heterocycles. The Morgan fingerprint density at radius 1 is 1.11 bits per heavy atom. The monoisotopic (exact) mass is 247 g/mol. The Morgan fingerprint density at radius 3 is 2.56 bits per heavy atom. The SMILES string of the molecule is Cc1cccc(C(=O)OO[C]2CCCCC2)c1C. The van der Waals surface area contributed by atoms with E-state index in [0.29, 0.717) is 5.56 Å². The third kappa shape index (κ3) is 3.10. The second-order valence-corrected chi connectivity index (χ2v) is 4.80. The van der Waals surface area contributed by atoms with E-state index in [1.165, 1.54) is 6.42 Å². The van der Waals surface area contributed by atoms with E-state index < -0.39 is 5.97 Å². The maximum atomic E-state index is 11.9. The first-order valence-corrected chi connectivity index (χ1v) is 6.48. The van der Waals surface area contributed by atoms with E-state index in [2.05, 4.69) is 0 Å². The molecule has 1 aliphatic rings. The molecule has 1 fully saturated rings. The molecular formula is C15H19O3. The highest BCUT2D eigenvalue weighted by molar-refractivity contribution is 5.90. The van der Waals surface area contributed by atoms with Crippen molar-refractivity contribution in [2.24, 2.45) is 0 Å². The first-order chi connectivity index (χ1) is 8.68. The third-order valence-electron chi connectivity index (χ3n) is 3.47. The lowest BCUT2D eigenvalue weighted by Crippen LogP contribution is -2.14. The van der Waals surface area contributed by atoms with Gasteiger partial charge in [-0.25, -0.2) is 4.79 Å². The van der Waals surface area contributed by atoms with E-state index in [4.69, 9.17) is 9.78 Å². The summed E-state index contributed by atoms with van der Waals surface area (Å²) in [4.78, 5) is 22.0. The topological polar surface area (TPSA) is 35.5 Å². The molecular weight excluding hydrogens is 228 g/mol. The van der Waals surface area contributed by atoms with Crippen LogP contribution in [-0.2, 0) is 9.78 Å². The minimum atomic E-state index is -0.408. The van der Waals surface area contributed by atoms with Crippen LogP contribution in [0.25, 0.3) is 0 Å². The van der Waals surface area contributed by atoms with Crippen molar-refractivity contribution in [3.8, 4) is 0 Å². The molecule has 0 bridgehead atoms. The number of rotatable bonds is 3. The highest BCUT2D eigenvalue weighted by Gasteiger charge is 2.19. The molecule has 0 aromatic heterocycles. The summed E-state index contributed by atoms with van der Waals surface area (Å²) in [5, 5.41) is 0. The Balaban J connectivity index is 1.93. The van der Waals surface area contributed by atoms with Gasteiger partial charge in [0.1, 0.15) is 6.10 Å². The maximum absolute atomic E-state index is 11.9. The van der Waals surface area contributed by atoms with E-state index >= 15 is 0 Å². The standard InChI is InChI=1S/C15H19O3/c1-11-7-6-10-14(12(11)2)15(16)18-17-13-8-4-3-5-9-13/h6-7,10H,3-5,8-9H2,1-2H3. The van der Waals surface area contributed by atoms with Crippen LogP contribution >= 0.6 is 0 Å². The molecule has 1 aromatic carbocycles. The zero-order chi connectivity index (χ0) is 13.0. The average Bonchev–Trinajstić information content (AvgIpc) is 2.40. The zero-order valence-corrected chi connectivity index (χ0v) is 11.0. The van der Waals surface area contributed by atoms with E-state index in [-0.39, 0.29) is 0 Å². The number of aryl methyl sites for hydroxylation is 1. The summed E-state index contributed by atoms with van der Waals surface area (Å²) in [6.45, 7) is 3.89. The molecule has 2 rings (SSSR count). The van der Waals surface area contributed by atoms with Crippen LogP contribution in [-0.4, -0.2) is 5.97 Å². The highest BCUT2D eigenvalue weighted by Crippen LogP contribution is 2.27. The van der Waals surface area contributed by atoms with Gasteiger partial charge in [0.05, 0.1) is 5.56 Å². The van der Waals surface area contributed by atoms with Gasteiger partial charge in [0.25, 0.3) is 0 Å². The van der Waals surface area contributed by atoms with Gasteiger partial charge in [-0.1, -0.05) is 31.4 Å². The molecule has 0 heterocycles. The number of carbonyl (C=O) groups excluding carboxylic acids is 1. The third-order valence-corrected chi connectivity index (χ3v) is 3.47. The van der Waals surface area contributed by atoms with Gasteiger partial charge in [-0.2, -0.15) is 4.89 Å². The fourth-order valence-electron chi connectivity index (χ4n) is 2.14. The summed E-state index contributed by atoms with van der Waals surface area (Å²) < 4.78 is 0. The molecule has 0 aliphatic heterocycles. The molecule has 0 spiro atoms. The summed E-state index contributed by atoms with van der Waals surface area (Å²) in [5.74, 6) is -0.408. The molecule has 1 saturated carbocycles. The molecule has 0 atom stereocenters. The van der Waals surface area contributed by atoms with Crippen LogP contribution in [0.15, 0.2) is 18.2 Å². The molecule has 3 nitrogen and oxygen atoms in total. The van der Waals surface area contributed by atoms with E-state index in [9.17, 15) is 4.79 Å². The van der Waals surface area contributed by atoms with Crippen molar-refractivity contribution in [2.75, 3.05) is 0 Å². The lowest BCUT2D eigenvalue weighted by Gasteiger charge is -2.18. The van der Waals surface area contributed by atoms with Gasteiger partial charge in [-0.15, -0.1) is 0 Å². The normalized spacial score (nSPS) is 16.6. The smallest absolute Gasteiger partial charge is 0.292 e. The van der Waals surface area contributed by atoms with Crippen molar-refractivity contribution >= 4 is 5.97 Å². The van der Waals surface area contributed by atoms with Crippen molar-refractivity contribution in [1.29, 1.82) is 0 Å². The van der Waals surface area contributed by atoms with Crippen LogP contribution in [0.4, 0.5) is 0 Å². The first kappa shape index (κ1) is 13.1. The molecule has 18 heavy (non-hydrogen) atoms. The molecule has 0 unspecified atom stereocenters. The van der Waals surface area contributed by atoms with Crippen LogP contribution in [0.2, 0.25) is 0 Å². The molecule has 3 heteroatoms. The van der Waals surface area contributed by atoms with Gasteiger partial charge in [-0.05, 0) is 43.9 Å². The Hall–Kier alpha value is -1.35. The van der Waals surface area contributed by atoms with Gasteiger partial charge in [0, 0.05) is 0 Å². The molecule has 1 radical (unpaired) electrons. The predicted molar refractivity (Wildman–Crippen MR) is 68.7 cm³/mol. The Kier molecular flexibility index (Phi) is 4.37. The highest BCUT2D eigenvalue weighted by atomic mass is 17.2. The molecule has 0 N–H and O–H groups in total. The molecule has 97 valence electrons. The van der Waals surface area contributed by atoms with Crippen LogP contribution < -0.4 is 0 Å². The van der Waals surface area contributed by atoms with Crippen LogP contribution in [0.5, 0.6) is 0 Å². The minimum Gasteiger partial charge on any atom is -0.292 e. The predicted octanol–water partition coefficient (Wildman–Crippen LogP) is 3.89. The van der Waals surface area contributed by atoms with Crippen molar-refractivity contribution in [3.05, 3.63) is 41.0 Å². The van der Waals surface area contributed by atoms with Crippen LogP contribution in [0, 0.1) is 20.0 Å². The minimum absolute atomic E-state index is 0.408. The van der Waals surface area contributed by atoms with Gasteiger partial charge >= 0.3 is 5.97 Å². The summed E-state index contributed by atoms with van der Waals surface area (Å²) in [6, 6.07) is 5.59. The van der Waals surface area contributed by atoms with Gasteiger partial charge < -0.3 is 0 Å². The van der Waals surface area contributed by atoms with Crippen molar-refractivity contribution in [1.82, 2.24) is 0 Å². The zero-order valence-electron chi connectivity index (χ0n) is 11.0. The van der Waals surface area contributed by atoms with Gasteiger partial charge in [0.15, 0.2) is 0 Å². The maximum Gasteiger partial charge on any atom is 0.373 e. The second-order valence-electron chi connectivity index (χ2n) is 4.80. The van der Waals surface area contributed by atoms with E-state index in [1.54, 1.807) is 6.07 Å². The Labute approximate surface area is 108 Å². The van der Waals surface area contributed by atoms with Crippen LogP contribution in [0.3, 0.4) is 0 Å². The van der Waals surface area contributed by atoms with E-state index in [0.717, 1.165) is 42.9 Å². The molecule has 0 amide bonds. The Bertz CT molecular complexity index is 420. The average molecular weight is 247 g/mol. The molecule has 1 aromatic rings.